The zero-order valence-corrected chi connectivity index (χ0v) is 20.4. The third-order valence-electron chi connectivity index (χ3n) is 7.61. The SMILES string of the molecule is Cc1ccc2c(c1)CC[C@@H]2N1C(=O)[C@@H]2C[C@H]1CN2C[C@H](C)C(=O)N1CCC[C@H]1C#N.N=S(=O)=O. The second-order valence-electron chi connectivity index (χ2n) is 9.82. The third-order valence-corrected chi connectivity index (χ3v) is 7.61. The molecule has 3 heterocycles. The number of nitrogens with one attached hydrogen (secondary N) is 1. The summed E-state index contributed by atoms with van der Waals surface area (Å²) in [7, 11) is -2.61. The van der Waals surface area contributed by atoms with Crippen molar-refractivity contribution in [1.82, 2.24) is 14.7 Å². The maximum absolute atomic E-state index is 13.3. The summed E-state index contributed by atoms with van der Waals surface area (Å²) in [5, 5.41) is 9.29. The molecule has 3 aliphatic heterocycles. The number of hydrogen-bond acceptors (Lipinski definition) is 7. The second-order valence-corrected chi connectivity index (χ2v) is 10.3. The summed E-state index contributed by atoms with van der Waals surface area (Å²) in [6.45, 7) is 6.21. The first kappa shape index (κ1) is 24.4. The molecule has 0 radical (unpaired) electrons. The van der Waals surface area contributed by atoms with Crippen LogP contribution >= 0.6 is 0 Å². The number of carbonyl (C=O) groups excluding carboxylic acids is 2. The zero-order chi connectivity index (χ0) is 24.6. The van der Waals surface area contributed by atoms with E-state index >= 15 is 0 Å². The lowest BCUT2D eigenvalue weighted by Crippen LogP contribution is -2.53. The summed E-state index contributed by atoms with van der Waals surface area (Å²) >= 11 is 0. The Morgan fingerprint density at radius 2 is 2.03 bits per heavy atom. The monoisotopic (exact) mass is 485 g/mol. The summed E-state index contributed by atoms with van der Waals surface area (Å²) in [6, 6.07) is 8.98. The van der Waals surface area contributed by atoms with E-state index in [-0.39, 0.29) is 41.9 Å². The van der Waals surface area contributed by atoms with E-state index in [2.05, 4.69) is 41.0 Å². The van der Waals surface area contributed by atoms with Gasteiger partial charge in [-0.05, 0) is 50.2 Å². The van der Waals surface area contributed by atoms with Gasteiger partial charge in [0.1, 0.15) is 6.04 Å². The number of fused-ring (bicyclic) bond motifs is 3. The first-order chi connectivity index (χ1) is 16.2. The van der Waals surface area contributed by atoms with Gasteiger partial charge in [-0.1, -0.05) is 30.7 Å². The van der Waals surface area contributed by atoms with Gasteiger partial charge < -0.3 is 9.80 Å². The summed E-state index contributed by atoms with van der Waals surface area (Å²) < 4.78 is 22.8. The molecule has 0 spiro atoms. The topological polar surface area (TPSA) is 126 Å². The zero-order valence-electron chi connectivity index (χ0n) is 19.6. The Labute approximate surface area is 201 Å². The molecule has 1 aromatic rings. The van der Waals surface area contributed by atoms with Crippen molar-refractivity contribution in [1.29, 1.82) is 10.0 Å². The molecule has 4 aliphatic rings. The number of likely N-dealkylation sites (tertiary alicyclic amines) is 3. The van der Waals surface area contributed by atoms with E-state index in [1.807, 2.05) is 6.92 Å². The molecule has 0 aromatic heterocycles. The highest BCUT2D eigenvalue weighted by molar-refractivity contribution is 7.60. The van der Waals surface area contributed by atoms with Crippen LogP contribution in [0.5, 0.6) is 0 Å². The quantitative estimate of drug-likeness (QED) is 0.696. The summed E-state index contributed by atoms with van der Waals surface area (Å²) in [5.41, 5.74) is 4.00. The number of nitrogens with zero attached hydrogens (tertiary/aromatic N) is 4. The molecule has 2 amide bonds. The molecule has 3 fully saturated rings. The number of aryl methyl sites for hydroxylation is 2. The van der Waals surface area contributed by atoms with Crippen molar-refractivity contribution in [2.24, 2.45) is 5.92 Å². The number of amides is 2. The first-order valence-electron chi connectivity index (χ1n) is 11.9. The Balaban J connectivity index is 0.000000636. The molecule has 34 heavy (non-hydrogen) atoms. The standard InChI is InChI=1S/C24H30N4O2.HNO2S/c1-15-5-7-20-17(10-15)6-8-21(20)28-19-11-22(24(28)30)26(14-19)13-16(2)23(29)27-9-3-4-18(27)12-25;1-4(2)3/h5,7,10,16,18-19,21-22H,3-4,6,8-9,11,13-14H2,1-2H3;1H/t16-,18-,19-,21-,22-;/m0./s1. The highest BCUT2D eigenvalue weighted by atomic mass is 32.2. The van der Waals surface area contributed by atoms with Crippen molar-refractivity contribution < 1.29 is 18.0 Å². The van der Waals surface area contributed by atoms with E-state index in [0.29, 0.717) is 13.1 Å². The van der Waals surface area contributed by atoms with Gasteiger partial charge in [0.05, 0.1) is 18.2 Å². The van der Waals surface area contributed by atoms with Gasteiger partial charge in [-0.3, -0.25) is 14.5 Å². The first-order valence-corrected chi connectivity index (χ1v) is 12.9. The number of benzene rings is 1. The predicted octanol–water partition coefficient (Wildman–Crippen LogP) is 2.05. The molecule has 2 bridgehead atoms. The smallest absolute Gasteiger partial charge is 0.308 e. The molecule has 3 saturated heterocycles. The Morgan fingerprint density at radius 1 is 1.29 bits per heavy atom. The Bertz CT molecular complexity index is 1120. The average molecular weight is 486 g/mol. The van der Waals surface area contributed by atoms with Gasteiger partial charge in [-0.15, -0.1) is 0 Å². The van der Waals surface area contributed by atoms with E-state index in [4.69, 9.17) is 13.2 Å². The summed E-state index contributed by atoms with van der Waals surface area (Å²) in [6.07, 6.45) is 4.63. The summed E-state index contributed by atoms with van der Waals surface area (Å²) in [5.74, 6) is 0.112. The number of hydrogen-bond donors (Lipinski definition) is 1. The molecule has 1 aromatic carbocycles. The third kappa shape index (κ3) is 4.59. The van der Waals surface area contributed by atoms with Crippen LogP contribution in [-0.4, -0.2) is 72.7 Å². The second kappa shape index (κ2) is 9.84. The van der Waals surface area contributed by atoms with Crippen LogP contribution in [0, 0.1) is 29.0 Å². The van der Waals surface area contributed by atoms with E-state index in [0.717, 1.165) is 38.6 Å². The molecule has 0 unspecified atom stereocenters. The highest BCUT2D eigenvalue weighted by Gasteiger charge is 2.53. The minimum Gasteiger partial charge on any atom is -0.330 e. The molecule has 182 valence electrons. The maximum Gasteiger partial charge on any atom is 0.308 e. The van der Waals surface area contributed by atoms with E-state index in [9.17, 15) is 14.9 Å². The van der Waals surface area contributed by atoms with Gasteiger partial charge in [-0.2, -0.15) is 18.5 Å². The minimum atomic E-state index is -2.61. The molecule has 10 heteroatoms. The Kier molecular flexibility index (Phi) is 7.05. The van der Waals surface area contributed by atoms with Gasteiger partial charge in [0, 0.05) is 31.6 Å². The van der Waals surface area contributed by atoms with Crippen molar-refractivity contribution in [2.75, 3.05) is 19.6 Å². The Morgan fingerprint density at radius 3 is 2.71 bits per heavy atom. The molecule has 0 saturated carbocycles. The number of piperazine rings is 1. The fourth-order valence-electron chi connectivity index (χ4n) is 6.19. The fourth-order valence-corrected chi connectivity index (χ4v) is 6.19. The van der Waals surface area contributed by atoms with Crippen LogP contribution in [0.3, 0.4) is 0 Å². The molecule has 5 rings (SSSR count). The van der Waals surface area contributed by atoms with Crippen molar-refractivity contribution in [3.05, 3.63) is 34.9 Å². The van der Waals surface area contributed by atoms with Gasteiger partial charge in [-0.25, -0.2) is 0 Å². The van der Waals surface area contributed by atoms with Gasteiger partial charge >= 0.3 is 10.5 Å². The van der Waals surface area contributed by atoms with Gasteiger partial charge in [0.2, 0.25) is 11.8 Å². The maximum atomic E-state index is 13.3. The van der Waals surface area contributed by atoms with Crippen LogP contribution in [0.1, 0.15) is 55.3 Å². The molecule has 1 N–H and O–H groups in total. The Hall–Kier alpha value is -2.77. The molecular weight excluding hydrogens is 454 g/mol. The van der Waals surface area contributed by atoms with Crippen LogP contribution in [0.4, 0.5) is 0 Å². The average Bonchev–Trinajstić information content (AvgIpc) is 3.55. The van der Waals surface area contributed by atoms with Crippen LogP contribution in [-0.2, 0) is 26.5 Å². The normalized spacial score (nSPS) is 28.3. The van der Waals surface area contributed by atoms with Gasteiger partial charge in [0.25, 0.3) is 0 Å². The van der Waals surface area contributed by atoms with Crippen molar-refractivity contribution in [2.45, 2.75) is 70.1 Å². The summed E-state index contributed by atoms with van der Waals surface area (Å²) in [4.78, 5) is 32.3. The molecular formula is C24H31N5O4S. The molecule has 1 aliphatic carbocycles. The van der Waals surface area contributed by atoms with Gasteiger partial charge in [0.15, 0.2) is 0 Å². The van der Waals surface area contributed by atoms with E-state index < -0.39 is 10.5 Å². The predicted molar refractivity (Wildman–Crippen MR) is 124 cm³/mol. The number of nitriles is 1. The lowest BCUT2D eigenvalue weighted by molar-refractivity contribution is -0.142. The molecule has 5 atom stereocenters. The number of rotatable bonds is 4. The largest absolute Gasteiger partial charge is 0.330 e. The van der Waals surface area contributed by atoms with E-state index in [1.165, 1.54) is 16.7 Å². The van der Waals surface area contributed by atoms with Crippen LogP contribution in [0.15, 0.2) is 18.2 Å². The lowest BCUT2D eigenvalue weighted by atomic mass is 10.0. The fraction of sp³-hybridized carbons (Fsp3) is 0.625. The number of carbonyl (C=O) groups is 2. The lowest BCUT2D eigenvalue weighted by Gasteiger charge is -2.38. The van der Waals surface area contributed by atoms with E-state index in [1.54, 1.807) is 4.90 Å². The minimum absolute atomic E-state index is 0.0613. The van der Waals surface area contributed by atoms with Crippen molar-refractivity contribution in [3.63, 3.8) is 0 Å². The van der Waals surface area contributed by atoms with Crippen LogP contribution in [0.2, 0.25) is 0 Å². The highest BCUT2D eigenvalue weighted by Crippen LogP contribution is 2.44. The molecule has 9 nitrogen and oxygen atoms in total. The van der Waals surface area contributed by atoms with Crippen molar-refractivity contribution in [3.8, 4) is 6.07 Å². The van der Waals surface area contributed by atoms with Crippen LogP contribution in [0.25, 0.3) is 0 Å². The van der Waals surface area contributed by atoms with Crippen LogP contribution < -0.4 is 0 Å². The van der Waals surface area contributed by atoms with Crippen molar-refractivity contribution >= 4 is 22.3 Å².